The zero-order chi connectivity index (χ0) is 17.1. The van der Waals surface area contributed by atoms with Gasteiger partial charge >= 0.3 is 0 Å². The Bertz CT molecular complexity index is 694. The van der Waals surface area contributed by atoms with E-state index >= 15 is 0 Å². The quantitative estimate of drug-likeness (QED) is 0.776. The van der Waals surface area contributed by atoms with E-state index in [1.807, 2.05) is 38.1 Å². The maximum atomic E-state index is 12.2. The molecule has 7 heteroatoms. The normalized spacial score (nSPS) is 20.3. The van der Waals surface area contributed by atoms with Gasteiger partial charge in [0.1, 0.15) is 0 Å². The van der Waals surface area contributed by atoms with E-state index in [2.05, 4.69) is 20.8 Å². The van der Waals surface area contributed by atoms with Crippen LogP contribution in [0.2, 0.25) is 5.02 Å². The maximum Gasteiger partial charge on any atom is 0.238 e. The molecule has 1 aliphatic heterocycles. The molecule has 128 valence electrons. The van der Waals surface area contributed by atoms with Crippen molar-refractivity contribution in [3.8, 4) is 0 Å². The highest BCUT2D eigenvalue weighted by molar-refractivity contribution is 6.30. The molecule has 0 unspecified atom stereocenters. The van der Waals surface area contributed by atoms with E-state index in [9.17, 15) is 4.79 Å². The number of ether oxygens (including phenoxy) is 1. The summed E-state index contributed by atoms with van der Waals surface area (Å²) in [5, 5.41) is 13.8. The Morgan fingerprint density at radius 3 is 2.79 bits per heavy atom. The molecule has 0 aliphatic carbocycles. The number of nitrogens with one attached hydrogen (secondary N) is 3. The van der Waals surface area contributed by atoms with Crippen molar-refractivity contribution in [1.82, 2.24) is 15.5 Å². The fourth-order valence-corrected chi connectivity index (χ4v) is 3.05. The van der Waals surface area contributed by atoms with E-state index in [1.54, 1.807) is 0 Å². The molecule has 1 aromatic carbocycles. The summed E-state index contributed by atoms with van der Waals surface area (Å²) in [6.07, 6.45) is 0.803. The lowest BCUT2D eigenvalue weighted by Crippen LogP contribution is -2.37. The number of hydrogen-bond donors (Lipinski definition) is 3. The van der Waals surface area contributed by atoms with Crippen LogP contribution in [0.3, 0.4) is 0 Å². The van der Waals surface area contributed by atoms with E-state index < -0.39 is 0 Å². The molecule has 0 spiro atoms. The monoisotopic (exact) mass is 348 g/mol. The number of H-pyrrole nitrogens is 1. The minimum Gasteiger partial charge on any atom is -0.372 e. The Morgan fingerprint density at radius 1 is 1.38 bits per heavy atom. The minimum atomic E-state index is -0.0932. The number of aromatic nitrogens is 2. The molecule has 1 fully saturated rings. The molecular formula is C17H21ClN4O2. The van der Waals surface area contributed by atoms with Gasteiger partial charge in [-0.05, 0) is 38.0 Å². The van der Waals surface area contributed by atoms with E-state index in [0.29, 0.717) is 11.6 Å². The van der Waals surface area contributed by atoms with Crippen LogP contribution in [0.4, 0.5) is 5.69 Å². The molecule has 1 saturated heterocycles. The topological polar surface area (TPSA) is 79.0 Å². The Kier molecular flexibility index (Phi) is 5.18. The standard InChI is InChI=1S/C17H21ClN4O2/c1-10-16(11(2)22-21-10)20-15(23)9-19-14-7-8-24-17(14)12-3-5-13(18)6-4-12/h3-6,14,17,19H,7-9H2,1-2H3,(H,20,23)(H,21,22)/t14-,17-/m0/s1. The smallest absolute Gasteiger partial charge is 0.238 e. The number of amides is 1. The number of halogens is 1. The molecule has 2 heterocycles. The number of carbonyl (C=O) groups is 1. The number of rotatable bonds is 5. The summed E-state index contributed by atoms with van der Waals surface area (Å²) in [7, 11) is 0. The van der Waals surface area contributed by atoms with Gasteiger partial charge in [-0.3, -0.25) is 9.89 Å². The number of aromatic amines is 1. The van der Waals surface area contributed by atoms with Crippen molar-refractivity contribution in [3.05, 3.63) is 46.2 Å². The Labute approximate surface area is 145 Å². The maximum absolute atomic E-state index is 12.2. The van der Waals surface area contributed by atoms with Crippen molar-refractivity contribution in [2.75, 3.05) is 18.5 Å². The molecule has 1 aromatic heterocycles. The molecule has 1 aliphatic rings. The second kappa shape index (κ2) is 7.34. The van der Waals surface area contributed by atoms with Gasteiger partial charge in [0.05, 0.1) is 29.7 Å². The molecule has 3 rings (SSSR count). The number of aryl methyl sites for hydroxylation is 2. The highest BCUT2D eigenvalue weighted by Crippen LogP contribution is 2.29. The summed E-state index contributed by atoms with van der Waals surface area (Å²) in [4.78, 5) is 12.2. The second-order valence-corrected chi connectivity index (χ2v) is 6.41. The fourth-order valence-electron chi connectivity index (χ4n) is 2.92. The van der Waals surface area contributed by atoms with Crippen LogP contribution in [0.15, 0.2) is 24.3 Å². The van der Waals surface area contributed by atoms with Crippen LogP contribution in [0.25, 0.3) is 0 Å². The molecular weight excluding hydrogens is 328 g/mol. The predicted octanol–water partition coefficient (Wildman–Crippen LogP) is 2.74. The Hall–Kier alpha value is -1.89. The molecule has 2 atom stereocenters. The lowest BCUT2D eigenvalue weighted by Gasteiger charge is -2.20. The zero-order valence-electron chi connectivity index (χ0n) is 13.7. The molecule has 6 nitrogen and oxygen atoms in total. The van der Waals surface area contributed by atoms with E-state index in [1.165, 1.54) is 0 Å². The van der Waals surface area contributed by atoms with Gasteiger partial charge in [0.2, 0.25) is 5.91 Å². The number of nitrogens with zero attached hydrogens (tertiary/aromatic N) is 1. The first-order chi connectivity index (χ1) is 11.5. The van der Waals surface area contributed by atoms with Gasteiger partial charge in [-0.25, -0.2) is 0 Å². The largest absolute Gasteiger partial charge is 0.372 e. The molecule has 0 radical (unpaired) electrons. The van der Waals surface area contributed by atoms with Crippen LogP contribution in [0, 0.1) is 13.8 Å². The van der Waals surface area contributed by atoms with Gasteiger partial charge in [-0.1, -0.05) is 23.7 Å². The fraction of sp³-hybridized carbons (Fsp3) is 0.412. The SMILES string of the molecule is Cc1n[nH]c(C)c1NC(=O)CN[C@H]1CCO[C@H]1c1ccc(Cl)cc1. The highest BCUT2D eigenvalue weighted by atomic mass is 35.5. The minimum absolute atomic E-state index is 0.0625. The van der Waals surface area contributed by atoms with E-state index in [4.69, 9.17) is 16.3 Å². The average Bonchev–Trinajstić information content (AvgIpc) is 3.15. The van der Waals surface area contributed by atoms with Crippen molar-refractivity contribution in [1.29, 1.82) is 0 Å². The van der Waals surface area contributed by atoms with E-state index in [-0.39, 0.29) is 24.6 Å². The van der Waals surface area contributed by atoms with Crippen molar-refractivity contribution in [2.24, 2.45) is 0 Å². The summed E-state index contributed by atoms with van der Waals surface area (Å²) in [5.74, 6) is -0.0932. The molecule has 0 bridgehead atoms. The van der Waals surface area contributed by atoms with Crippen molar-refractivity contribution in [2.45, 2.75) is 32.4 Å². The Balaban J connectivity index is 1.57. The average molecular weight is 349 g/mol. The van der Waals surface area contributed by atoms with Crippen molar-refractivity contribution in [3.63, 3.8) is 0 Å². The van der Waals surface area contributed by atoms with Crippen molar-refractivity contribution < 1.29 is 9.53 Å². The van der Waals surface area contributed by atoms with Crippen molar-refractivity contribution >= 4 is 23.2 Å². The first-order valence-corrected chi connectivity index (χ1v) is 8.34. The molecule has 24 heavy (non-hydrogen) atoms. The number of carbonyl (C=O) groups excluding carboxylic acids is 1. The first kappa shape index (κ1) is 17.0. The van der Waals surface area contributed by atoms with Crippen LogP contribution in [0.5, 0.6) is 0 Å². The number of anilines is 1. The summed E-state index contributed by atoms with van der Waals surface area (Å²) < 4.78 is 5.82. The summed E-state index contributed by atoms with van der Waals surface area (Å²) in [6.45, 7) is 4.63. The predicted molar refractivity (Wildman–Crippen MR) is 93.2 cm³/mol. The van der Waals surface area contributed by atoms with Crippen LogP contribution < -0.4 is 10.6 Å². The van der Waals surface area contributed by atoms with Gasteiger partial charge in [0.25, 0.3) is 0 Å². The molecule has 3 N–H and O–H groups in total. The number of benzene rings is 1. The van der Waals surface area contributed by atoms with Gasteiger partial charge < -0.3 is 15.4 Å². The molecule has 2 aromatic rings. The lowest BCUT2D eigenvalue weighted by molar-refractivity contribution is -0.115. The van der Waals surface area contributed by atoms with Crippen LogP contribution in [-0.4, -0.2) is 35.3 Å². The van der Waals surface area contributed by atoms with Crippen LogP contribution in [0.1, 0.15) is 29.5 Å². The Morgan fingerprint density at radius 2 is 2.12 bits per heavy atom. The third-order valence-electron chi connectivity index (χ3n) is 4.21. The zero-order valence-corrected chi connectivity index (χ0v) is 14.5. The third-order valence-corrected chi connectivity index (χ3v) is 4.46. The van der Waals surface area contributed by atoms with E-state index in [0.717, 1.165) is 29.1 Å². The first-order valence-electron chi connectivity index (χ1n) is 7.96. The number of hydrogen-bond acceptors (Lipinski definition) is 4. The summed E-state index contributed by atoms with van der Waals surface area (Å²) >= 11 is 5.93. The lowest BCUT2D eigenvalue weighted by atomic mass is 10.0. The summed E-state index contributed by atoms with van der Waals surface area (Å²) in [6, 6.07) is 7.74. The van der Waals surface area contributed by atoms with Gasteiger partial charge in [0.15, 0.2) is 0 Å². The molecule has 1 amide bonds. The molecule has 0 saturated carbocycles. The van der Waals surface area contributed by atoms with Crippen LogP contribution in [-0.2, 0) is 9.53 Å². The van der Waals surface area contributed by atoms with Gasteiger partial charge in [-0.2, -0.15) is 5.10 Å². The van der Waals surface area contributed by atoms with Crippen LogP contribution >= 0.6 is 11.6 Å². The van der Waals surface area contributed by atoms with Gasteiger partial charge in [0, 0.05) is 17.7 Å². The summed E-state index contributed by atoms with van der Waals surface area (Å²) in [5.41, 5.74) is 3.45. The van der Waals surface area contributed by atoms with Gasteiger partial charge in [-0.15, -0.1) is 0 Å². The second-order valence-electron chi connectivity index (χ2n) is 5.98. The third kappa shape index (κ3) is 3.77. The highest BCUT2D eigenvalue weighted by Gasteiger charge is 2.29.